The first-order valence-corrected chi connectivity index (χ1v) is 8.03. The van der Waals surface area contributed by atoms with Gasteiger partial charge in [0.1, 0.15) is 17.4 Å². The van der Waals surface area contributed by atoms with E-state index in [9.17, 15) is 14.3 Å². The number of phenols is 1. The number of nitrogens with zero attached hydrogens (tertiary/aromatic N) is 2. The topological polar surface area (TPSA) is 65.5 Å². The Kier molecular flexibility index (Phi) is 4.64. The Balaban J connectivity index is 1.75. The number of hydrogen-bond donors (Lipinski definition) is 2. The van der Waals surface area contributed by atoms with Gasteiger partial charge in [-0.1, -0.05) is 6.07 Å². The van der Waals surface area contributed by atoms with E-state index in [0.717, 1.165) is 49.1 Å². The van der Waals surface area contributed by atoms with Crippen LogP contribution in [0, 0.1) is 12.7 Å². The zero-order valence-corrected chi connectivity index (χ0v) is 13.6. The second-order valence-electron chi connectivity index (χ2n) is 5.98. The molecule has 1 saturated heterocycles. The third-order valence-corrected chi connectivity index (χ3v) is 4.14. The summed E-state index contributed by atoms with van der Waals surface area (Å²) in [6, 6.07) is 7.35. The number of anilines is 1. The molecule has 24 heavy (non-hydrogen) atoms. The number of aromatic hydroxyl groups is 1. The SMILES string of the molecule is Cc1ccc(CNC(=O)c2ccc(O)cc2F)c(N2CCCC2)n1. The molecule has 0 bridgehead atoms. The van der Waals surface area contributed by atoms with Gasteiger partial charge in [0.2, 0.25) is 0 Å². The summed E-state index contributed by atoms with van der Waals surface area (Å²) in [5.41, 5.74) is 1.75. The van der Waals surface area contributed by atoms with Crippen molar-refractivity contribution in [2.75, 3.05) is 18.0 Å². The standard InChI is InChI=1S/C18H20FN3O2/c1-12-4-5-13(17(21-12)22-8-2-3-9-22)11-20-18(24)15-7-6-14(23)10-16(15)19/h4-7,10,23H,2-3,8-9,11H2,1H3,(H,20,24). The van der Waals surface area contributed by atoms with Crippen LogP contribution in [0.5, 0.6) is 5.75 Å². The highest BCUT2D eigenvalue weighted by Crippen LogP contribution is 2.23. The lowest BCUT2D eigenvalue weighted by atomic mass is 10.1. The van der Waals surface area contributed by atoms with Gasteiger partial charge in [0.15, 0.2) is 0 Å². The number of halogens is 1. The summed E-state index contributed by atoms with van der Waals surface area (Å²) in [7, 11) is 0. The lowest BCUT2D eigenvalue weighted by Crippen LogP contribution is -2.27. The van der Waals surface area contributed by atoms with Gasteiger partial charge in [0.25, 0.3) is 5.91 Å². The summed E-state index contributed by atoms with van der Waals surface area (Å²) in [5.74, 6) is -0.572. The third kappa shape index (κ3) is 3.48. The molecular weight excluding hydrogens is 309 g/mol. The first-order chi connectivity index (χ1) is 11.5. The number of amides is 1. The average molecular weight is 329 g/mol. The van der Waals surface area contributed by atoms with Gasteiger partial charge in [-0.2, -0.15) is 0 Å². The molecule has 2 heterocycles. The molecule has 2 N–H and O–H groups in total. The molecule has 1 amide bonds. The molecule has 5 nitrogen and oxygen atoms in total. The second kappa shape index (κ2) is 6.86. The smallest absolute Gasteiger partial charge is 0.254 e. The van der Waals surface area contributed by atoms with E-state index in [1.165, 1.54) is 12.1 Å². The Morgan fingerprint density at radius 2 is 2.04 bits per heavy atom. The van der Waals surface area contributed by atoms with E-state index in [0.29, 0.717) is 0 Å². The van der Waals surface area contributed by atoms with Crippen molar-refractivity contribution in [1.29, 1.82) is 0 Å². The molecule has 0 radical (unpaired) electrons. The maximum absolute atomic E-state index is 13.8. The lowest BCUT2D eigenvalue weighted by molar-refractivity contribution is 0.0947. The van der Waals surface area contributed by atoms with Crippen LogP contribution in [0.4, 0.5) is 10.2 Å². The monoisotopic (exact) mass is 329 g/mol. The predicted octanol–water partition coefficient (Wildman–Crippen LogP) is 2.76. The molecule has 1 aromatic carbocycles. The Bertz CT molecular complexity index is 758. The van der Waals surface area contributed by atoms with Gasteiger partial charge in [-0.15, -0.1) is 0 Å². The van der Waals surface area contributed by atoms with Crippen LogP contribution in [0.15, 0.2) is 30.3 Å². The van der Waals surface area contributed by atoms with Gasteiger partial charge < -0.3 is 15.3 Å². The molecule has 0 saturated carbocycles. The average Bonchev–Trinajstić information content (AvgIpc) is 3.07. The van der Waals surface area contributed by atoms with Gasteiger partial charge in [-0.05, 0) is 38.0 Å². The number of nitrogens with one attached hydrogen (secondary N) is 1. The van der Waals surface area contributed by atoms with Crippen LogP contribution in [0.3, 0.4) is 0 Å². The van der Waals surface area contributed by atoms with Crippen LogP contribution in [0.25, 0.3) is 0 Å². The molecule has 3 rings (SSSR count). The van der Waals surface area contributed by atoms with Gasteiger partial charge in [-0.25, -0.2) is 9.37 Å². The van der Waals surface area contributed by atoms with E-state index in [4.69, 9.17) is 0 Å². The first-order valence-electron chi connectivity index (χ1n) is 8.03. The van der Waals surface area contributed by atoms with Crippen molar-refractivity contribution in [2.24, 2.45) is 0 Å². The molecule has 0 unspecified atom stereocenters. The molecule has 2 aromatic rings. The summed E-state index contributed by atoms with van der Waals surface area (Å²) < 4.78 is 13.8. The van der Waals surface area contributed by atoms with Crippen molar-refractivity contribution >= 4 is 11.7 Å². The highest BCUT2D eigenvalue weighted by Gasteiger charge is 2.18. The van der Waals surface area contributed by atoms with E-state index < -0.39 is 11.7 Å². The molecule has 0 atom stereocenters. The molecule has 1 fully saturated rings. The van der Waals surface area contributed by atoms with E-state index in [2.05, 4.69) is 15.2 Å². The zero-order valence-electron chi connectivity index (χ0n) is 13.6. The number of aryl methyl sites for hydroxylation is 1. The fourth-order valence-corrected chi connectivity index (χ4v) is 2.87. The van der Waals surface area contributed by atoms with E-state index in [-0.39, 0.29) is 17.9 Å². The number of phenolic OH excluding ortho intramolecular Hbond substituents is 1. The number of hydrogen-bond acceptors (Lipinski definition) is 4. The molecule has 1 aromatic heterocycles. The number of rotatable bonds is 4. The fraction of sp³-hybridized carbons (Fsp3) is 0.333. The van der Waals surface area contributed by atoms with Crippen molar-refractivity contribution < 1.29 is 14.3 Å². The Morgan fingerprint density at radius 1 is 1.29 bits per heavy atom. The van der Waals surface area contributed by atoms with E-state index >= 15 is 0 Å². The number of benzene rings is 1. The largest absolute Gasteiger partial charge is 0.508 e. The predicted molar refractivity (Wildman–Crippen MR) is 89.7 cm³/mol. The molecule has 126 valence electrons. The van der Waals surface area contributed by atoms with Gasteiger partial charge in [-0.3, -0.25) is 4.79 Å². The molecule has 0 aliphatic carbocycles. The number of carbonyl (C=O) groups is 1. The molecule has 6 heteroatoms. The Hall–Kier alpha value is -2.63. The number of pyridine rings is 1. The summed E-state index contributed by atoms with van der Waals surface area (Å²) >= 11 is 0. The van der Waals surface area contributed by atoms with Gasteiger partial charge in [0, 0.05) is 37.0 Å². The lowest BCUT2D eigenvalue weighted by Gasteiger charge is -2.20. The number of carbonyl (C=O) groups excluding carboxylic acids is 1. The van der Waals surface area contributed by atoms with Crippen LogP contribution < -0.4 is 10.2 Å². The first kappa shape index (κ1) is 16.2. The van der Waals surface area contributed by atoms with Crippen LogP contribution in [0.2, 0.25) is 0 Å². The van der Waals surface area contributed by atoms with E-state index in [1.807, 2.05) is 19.1 Å². The van der Waals surface area contributed by atoms with Crippen molar-refractivity contribution in [2.45, 2.75) is 26.3 Å². The van der Waals surface area contributed by atoms with Crippen molar-refractivity contribution in [3.05, 3.63) is 53.0 Å². The van der Waals surface area contributed by atoms with Crippen LogP contribution in [-0.4, -0.2) is 29.1 Å². The quantitative estimate of drug-likeness (QED) is 0.905. The van der Waals surface area contributed by atoms with Crippen molar-refractivity contribution in [3.63, 3.8) is 0 Å². The summed E-state index contributed by atoms with van der Waals surface area (Å²) in [4.78, 5) is 19.0. The highest BCUT2D eigenvalue weighted by atomic mass is 19.1. The van der Waals surface area contributed by atoms with Crippen molar-refractivity contribution in [3.8, 4) is 5.75 Å². The normalized spacial score (nSPS) is 14.0. The summed E-state index contributed by atoms with van der Waals surface area (Å²) in [5, 5.41) is 12.0. The minimum absolute atomic E-state index is 0.0874. The molecule has 1 aliphatic rings. The summed E-state index contributed by atoms with van der Waals surface area (Å²) in [6.07, 6.45) is 2.28. The third-order valence-electron chi connectivity index (χ3n) is 4.14. The minimum atomic E-state index is -0.741. The number of aromatic nitrogens is 1. The van der Waals surface area contributed by atoms with Crippen LogP contribution >= 0.6 is 0 Å². The minimum Gasteiger partial charge on any atom is -0.508 e. The second-order valence-corrected chi connectivity index (χ2v) is 5.98. The Morgan fingerprint density at radius 3 is 2.75 bits per heavy atom. The van der Waals surface area contributed by atoms with Crippen molar-refractivity contribution in [1.82, 2.24) is 10.3 Å². The maximum atomic E-state index is 13.8. The fourth-order valence-electron chi connectivity index (χ4n) is 2.87. The molecular formula is C18H20FN3O2. The van der Waals surface area contributed by atoms with Gasteiger partial charge >= 0.3 is 0 Å². The summed E-state index contributed by atoms with van der Waals surface area (Å²) in [6.45, 7) is 4.14. The molecule has 0 spiro atoms. The van der Waals surface area contributed by atoms with Gasteiger partial charge in [0.05, 0.1) is 5.56 Å². The molecule has 1 aliphatic heterocycles. The Labute approximate surface area is 140 Å². The van der Waals surface area contributed by atoms with Crippen LogP contribution in [-0.2, 0) is 6.54 Å². The van der Waals surface area contributed by atoms with Crippen LogP contribution in [0.1, 0.15) is 34.5 Å². The highest BCUT2D eigenvalue weighted by molar-refractivity contribution is 5.94. The van der Waals surface area contributed by atoms with E-state index in [1.54, 1.807) is 0 Å². The maximum Gasteiger partial charge on any atom is 0.254 e. The zero-order chi connectivity index (χ0) is 17.1.